The summed E-state index contributed by atoms with van der Waals surface area (Å²) in [5.74, 6) is -0.327. The molecule has 1 aliphatic carbocycles. The normalized spacial score (nSPS) is 22.3. The van der Waals surface area contributed by atoms with E-state index in [1.807, 2.05) is 18.2 Å². The number of hydrogen-bond donors (Lipinski definition) is 1. The molecule has 118 valence electrons. The average Bonchev–Trinajstić information content (AvgIpc) is 2.86. The summed E-state index contributed by atoms with van der Waals surface area (Å²) in [7, 11) is 4.30. The van der Waals surface area contributed by atoms with Crippen molar-refractivity contribution in [2.75, 3.05) is 14.1 Å². The fourth-order valence-electron chi connectivity index (χ4n) is 3.55. The Hall–Kier alpha value is -1.88. The summed E-state index contributed by atoms with van der Waals surface area (Å²) >= 11 is 0. The molecule has 1 fully saturated rings. The zero-order valence-corrected chi connectivity index (χ0v) is 13.3. The summed E-state index contributed by atoms with van der Waals surface area (Å²) in [6.07, 6.45) is 4.85. The molecule has 0 bridgehead atoms. The van der Waals surface area contributed by atoms with E-state index >= 15 is 0 Å². The summed E-state index contributed by atoms with van der Waals surface area (Å²) in [5, 5.41) is 5.78. The molecule has 0 radical (unpaired) electrons. The smallest absolute Gasteiger partial charge is 0.223 e. The lowest BCUT2D eigenvalue weighted by molar-refractivity contribution is -0.117. The van der Waals surface area contributed by atoms with E-state index in [9.17, 15) is 4.79 Å². The zero-order valence-electron chi connectivity index (χ0n) is 13.3. The van der Waals surface area contributed by atoms with Crippen molar-refractivity contribution in [2.45, 2.75) is 44.2 Å². The van der Waals surface area contributed by atoms with Crippen molar-refractivity contribution in [1.82, 2.24) is 14.7 Å². The highest BCUT2D eigenvalue weighted by molar-refractivity contribution is 5.87. The van der Waals surface area contributed by atoms with Gasteiger partial charge in [-0.15, -0.1) is 0 Å². The van der Waals surface area contributed by atoms with E-state index in [4.69, 9.17) is 10.8 Å². The molecule has 2 N–H and O–H groups in total. The molecule has 22 heavy (non-hydrogen) atoms. The van der Waals surface area contributed by atoms with Crippen molar-refractivity contribution in [3.05, 3.63) is 30.0 Å². The number of benzene rings is 1. The second-order valence-corrected chi connectivity index (χ2v) is 6.48. The van der Waals surface area contributed by atoms with Crippen molar-refractivity contribution in [1.29, 1.82) is 0 Å². The van der Waals surface area contributed by atoms with Crippen molar-refractivity contribution in [3.8, 4) is 0 Å². The Balaban J connectivity index is 1.89. The maximum Gasteiger partial charge on any atom is 0.223 e. The molecule has 5 heteroatoms. The van der Waals surface area contributed by atoms with Gasteiger partial charge < -0.3 is 10.6 Å². The number of carbonyl (C=O) groups excluding carboxylic acids is 1. The molecule has 1 saturated carbocycles. The minimum atomic E-state index is -0.327. The van der Waals surface area contributed by atoms with Gasteiger partial charge in [0.05, 0.1) is 23.7 Å². The second-order valence-electron chi connectivity index (χ2n) is 6.48. The lowest BCUT2D eigenvalue weighted by Gasteiger charge is -2.33. The molecule has 1 amide bonds. The van der Waals surface area contributed by atoms with Crippen LogP contribution in [0.4, 0.5) is 0 Å². The Bertz CT molecular complexity index is 668. The molecule has 1 aliphatic rings. The van der Waals surface area contributed by atoms with Crippen LogP contribution >= 0.6 is 0 Å². The van der Waals surface area contributed by atoms with Crippen LogP contribution in [-0.4, -0.2) is 40.7 Å². The van der Waals surface area contributed by atoms with Gasteiger partial charge in [0.25, 0.3) is 0 Å². The minimum Gasteiger partial charge on any atom is -0.369 e. The third kappa shape index (κ3) is 2.86. The molecule has 3 rings (SSSR count). The number of para-hydroxylation sites is 1. The van der Waals surface area contributed by atoms with E-state index in [2.05, 4.69) is 29.7 Å². The van der Waals surface area contributed by atoms with Crippen molar-refractivity contribution < 1.29 is 4.79 Å². The second kappa shape index (κ2) is 6.08. The van der Waals surface area contributed by atoms with Gasteiger partial charge in [0, 0.05) is 11.4 Å². The molecular weight excluding hydrogens is 276 g/mol. The number of nitrogens with two attached hydrogens (primary N) is 1. The first-order valence-electron chi connectivity index (χ1n) is 7.97. The van der Waals surface area contributed by atoms with Gasteiger partial charge in [0.1, 0.15) is 0 Å². The van der Waals surface area contributed by atoms with Gasteiger partial charge in [0.15, 0.2) is 0 Å². The predicted octanol–water partition coefficient (Wildman–Crippen LogP) is 2.11. The van der Waals surface area contributed by atoms with Gasteiger partial charge in [-0.05, 0) is 45.8 Å². The number of rotatable bonds is 4. The molecule has 0 saturated heterocycles. The van der Waals surface area contributed by atoms with E-state index in [0.717, 1.165) is 29.4 Å². The maximum absolute atomic E-state index is 11.3. The monoisotopic (exact) mass is 300 g/mol. The lowest BCUT2D eigenvalue weighted by Crippen LogP contribution is -2.33. The Labute approximate surface area is 131 Å². The van der Waals surface area contributed by atoms with Crippen molar-refractivity contribution >= 4 is 16.8 Å². The molecule has 1 aromatic heterocycles. The molecule has 0 atom stereocenters. The fourth-order valence-corrected chi connectivity index (χ4v) is 3.55. The van der Waals surface area contributed by atoms with Gasteiger partial charge in [-0.2, -0.15) is 5.10 Å². The van der Waals surface area contributed by atoms with E-state index in [1.165, 1.54) is 12.8 Å². The Kier molecular flexibility index (Phi) is 4.16. The number of aromatic nitrogens is 2. The summed E-state index contributed by atoms with van der Waals surface area (Å²) in [5.41, 5.74) is 7.28. The fraction of sp³-hybridized carbons (Fsp3) is 0.529. The third-order valence-electron chi connectivity index (χ3n) is 4.77. The van der Waals surface area contributed by atoms with E-state index in [0.29, 0.717) is 12.1 Å². The van der Waals surface area contributed by atoms with Crippen LogP contribution in [0.5, 0.6) is 0 Å². The van der Waals surface area contributed by atoms with Crippen LogP contribution in [-0.2, 0) is 11.2 Å². The molecule has 1 heterocycles. The van der Waals surface area contributed by atoms with Crippen LogP contribution in [0.25, 0.3) is 10.9 Å². The molecule has 5 nitrogen and oxygen atoms in total. The highest BCUT2D eigenvalue weighted by Gasteiger charge is 2.26. The average molecular weight is 300 g/mol. The van der Waals surface area contributed by atoms with Crippen LogP contribution in [0.1, 0.15) is 37.4 Å². The van der Waals surface area contributed by atoms with Gasteiger partial charge in [-0.3, -0.25) is 9.48 Å². The maximum atomic E-state index is 11.3. The van der Waals surface area contributed by atoms with Gasteiger partial charge in [0.2, 0.25) is 5.91 Å². The van der Waals surface area contributed by atoms with E-state index in [-0.39, 0.29) is 12.3 Å². The number of carbonyl (C=O) groups is 1. The molecular formula is C17H24N4O. The standard InChI is InChI=1S/C17H24N4O/c1-20(2)12-7-9-13(10-8-12)21-16-6-4-3-5-14(16)15(19-21)11-17(18)22/h3-6,12-13H,7-11H2,1-2H3,(H2,18,22)/t12-,13+. The summed E-state index contributed by atoms with van der Waals surface area (Å²) in [6.45, 7) is 0. The molecule has 1 aromatic carbocycles. The van der Waals surface area contributed by atoms with E-state index in [1.54, 1.807) is 0 Å². The molecule has 0 aliphatic heterocycles. The number of amides is 1. The minimum absolute atomic E-state index is 0.209. The number of hydrogen-bond acceptors (Lipinski definition) is 3. The topological polar surface area (TPSA) is 64.2 Å². The van der Waals surface area contributed by atoms with Gasteiger partial charge in [-0.1, -0.05) is 18.2 Å². The molecule has 2 aromatic rings. The Morgan fingerprint density at radius 1 is 1.27 bits per heavy atom. The largest absolute Gasteiger partial charge is 0.369 e. The quantitative estimate of drug-likeness (QED) is 0.940. The first kappa shape index (κ1) is 15.0. The van der Waals surface area contributed by atoms with Crippen LogP contribution in [0.2, 0.25) is 0 Å². The SMILES string of the molecule is CN(C)[C@H]1CC[C@@H](n2nc(CC(N)=O)c3ccccc32)CC1. The number of fused-ring (bicyclic) bond motifs is 1. The highest BCUT2D eigenvalue weighted by Crippen LogP contribution is 2.33. The zero-order chi connectivity index (χ0) is 15.7. The number of primary amides is 1. The molecule has 0 spiro atoms. The van der Waals surface area contributed by atoms with Crippen molar-refractivity contribution in [3.63, 3.8) is 0 Å². The van der Waals surface area contributed by atoms with Crippen LogP contribution < -0.4 is 5.73 Å². The van der Waals surface area contributed by atoms with Crippen LogP contribution in [0.15, 0.2) is 24.3 Å². The van der Waals surface area contributed by atoms with Crippen LogP contribution in [0, 0.1) is 0 Å². The highest BCUT2D eigenvalue weighted by atomic mass is 16.1. The van der Waals surface area contributed by atoms with E-state index < -0.39 is 0 Å². The molecule has 0 unspecified atom stereocenters. The summed E-state index contributed by atoms with van der Waals surface area (Å²) < 4.78 is 2.12. The van der Waals surface area contributed by atoms with Gasteiger partial charge >= 0.3 is 0 Å². The third-order valence-corrected chi connectivity index (χ3v) is 4.77. The van der Waals surface area contributed by atoms with Crippen LogP contribution in [0.3, 0.4) is 0 Å². The number of nitrogens with zero attached hydrogens (tertiary/aromatic N) is 3. The predicted molar refractivity (Wildman–Crippen MR) is 87.6 cm³/mol. The first-order chi connectivity index (χ1) is 10.6. The Morgan fingerprint density at radius 2 is 1.95 bits per heavy atom. The Morgan fingerprint density at radius 3 is 2.59 bits per heavy atom. The lowest BCUT2D eigenvalue weighted by atomic mass is 9.90. The summed E-state index contributed by atoms with van der Waals surface area (Å²) in [6, 6.07) is 9.22. The summed E-state index contributed by atoms with van der Waals surface area (Å²) in [4.78, 5) is 13.6. The first-order valence-corrected chi connectivity index (χ1v) is 7.97. The van der Waals surface area contributed by atoms with Crippen molar-refractivity contribution in [2.24, 2.45) is 5.73 Å². The van der Waals surface area contributed by atoms with Gasteiger partial charge in [-0.25, -0.2) is 0 Å².